The van der Waals surface area contributed by atoms with Crippen molar-refractivity contribution in [2.45, 2.75) is 33.3 Å². The standard InChI is InChI=1S/C12H18O/c1-9(2)12(4,13)11-7-5-6-10(3)8-11/h5-9,13H,1-4H3/t12-/m0/s1. The van der Waals surface area contributed by atoms with E-state index in [4.69, 9.17) is 0 Å². The van der Waals surface area contributed by atoms with Crippen LogP contribution in [0.2, 0.25) is 0 Å². The number of hydrogen-bond donors (Lipinski definition) is 1. The largest absolute Gasteiger partial charge is 0.385 e. The lowest BCUT2D eigenvalue weighted by Crippen LogP contribution is -2.27. The fourth-order valence-electron chi connectivity index (χ4n) is 1.29. The van der Waals surface area contributed by atoms with E-state index in [9.17, 15) is 5.11 Å². The highest BCUT2D eigenvalue weighted by atomic mass is 16.3. The van der Waals surface area contributed by atoms with E-state index in [1.807, 2.05) is 52.0 Å². The van der Waals surface area contributed by atoms with Crippen molar-refractivity contribution in [1.82, 2.24) is 0 Å². The fourth-order valence-corrected chi connectivity index (χ4v) is 1.29. The first-order chi connectivity index (χ1) is 5.94. The SMILES string of the molecule is Cc1cccc([C@@](C)(O)C(C)C)c1. The van der Waals surface area contributed by atoms with Gasteiger partial charge in [0.25, 0.3) is 0 Å². The number of aliphatic hydroxyl groups is 1. The van der Waals surface area contributed by atoms with Gasteiger partial charge in [-0.2, -0.15) is 0 Å². The molecule has 0 amide bonds. The van der Waals surface area contributed by atoms with Gasteiger partial charge in [0.1, 0.15) is 0 Å². The molecule has 0 aromatic heterocycles. The summed E-state index contributed by atoms with van der Waals surface area (Å²) in [7, 11) is 0. The molecule has 1 rings (SSSR count). The molecule has 0 aliphatic carbocycles. The minimum Gasteiger partial charge on any atom is -0.385 e. The highest BCUT2D eigenvalue weighted by Crippen LogP contribution is 2.28. The molecule has 1 aromatic rings. The first-order valence-electron chi connectivity index (χ1n) is 4.74. The molecule has 0 unspecified atom stereocenters. The summed E-state index contributed by atoms with van der Waals surface area (Å²) in [5.41, 5.74) is 1.48. The molecule has 72 valence electrons. The van der Waals surface area contributed by atoms with Crippen LogP contribution in [0.3, 0.4) is 0 Å². The van der Waals surface area contributed by atoms with Gasteiger partial charge in [0, 0.05) is 0 Å². The minimum absolute atomic E-state index is 0.231. The van der Waals surface area contributed by atoms with Crippen molar-refractivity contribution in [2.75, 3.05) is 0 Å². The third kappa shape index (κ3) is 2.10. The van der Waals surface area contributed by atoms with Crippen molar-refractivity contribution in [3.63, 3.8) is 0 Å². The number of aryl methyl sites for hydroxylation is 1. The molecule has 1 nitrogen and oxygen atoms in total. The van der Waals surface area contributed by atoms with Gasteiger partial charge in [0.2, 0.25) is 0 Å². The van der Waals surface area contributed by atoms with E-state index in [1.165, 1.54) is 5.56 Å². The van der Waals surface area contributed by atoms with Crippen molar-refractivity contribution in [3.8, 4) is 0 Å². The Hall–Kier alpha value is -0.820. The van der Waals surface area contributed by atoms with Crippen LogP contribution in [-0.4, -0.2) is 5.11 Å². The molecule has 0 fully saturated rings. The second-order valence-electron chi connectivity index (χ2n) is 4.17. The zero-order valence-electron chi connectivity index (χ0n) is 8.83. The van der Waals surface area contributed by atoms with Crippen molar-refractivity contribution in [1.29, 1.82) is 0 Å². The van der Waals surface area contributed by atoms with Crippen molar-refractivity contribution in [3.05, 3.63) is 35.4 Å². The first-order valence-corrected chi connectivity index (χ1v) is 4.74. The zero-order chi connectivity index (χ0) is 10.1. The Bertz CT molecular complexity index is 287. The number of benzene rings is 1. The lowest BCUT2D eigenvalue weighted by atomic mass is 9.85. The molecule has 1 heteroatoms. The summed E-state index contributed by atoms with van der Waals surface area (Å²) >= 11 is 0. The van der Waals surface area contributed by atoms with E-state index in [2.05, 4.69) is 0 Å². The van der Waals surface area contributed by atoms with Crippen LogP contribution in [0.4, 0.5) is 0 Å². The second-order valence-corrected chi connectivity index (χ2v) is 4.17. The summed E-state index contributed by atoms with van der Waals surface area (Å²) in [5.74, 6) is 0.231. The van der Waals surface area contributed by atoms with E-state index in [0.29, 0.717) is 0 Å². The third-order valence-corrected chi connectivity index (χ3v) is 2.73. The maximum absolute atomic E-state index is 10.2. The highest BCUT2D eigenvalue weighted by Gasteiger charge is 2.26. The van der Waals surface area contributed by atoms with Gasteiger partial charge < -0.3 is 5.11 Å². The molecule has 0 saturated heterocycles. The quantitative estimate of drug-likeness (QED) is 0.738. The molecule has 1 atom stereocenters. The molecule has 1 N–H and O–H groups in total. The van der Waals surface area contributed by atoms with Gasteiger partial charge in [-0.05, 0) is 25.3 Å². The monoisotopic (exact) mass is 178 g/mol. The molecular weight excluding hydrogens is 160 g/mol. The van der Waals surface area contributed by atoms with Gasteiger partial charge in [-0.15, -0.1) is 0 Å². The Balaban J connectivity index is 3.07. The Morgan fingerprint density at radius 1 is 1.31 bits per heavy atom. The minimum atomic E-state index is -0.716. The van der Waals surface area contributed by atoms with Gasteiger partial charge in [0.05, 0.1) is 5.60 Å². The van der Waals surface area contributed by atoms with Crippen LogP contribution in [0.15, 0.2) is 24.3 Å². The predicted molar refractivity (Wildman–Crippen MR) is 55.6 cm³/mol. The molecule has 0 bridgehead atoms. The van der Waals surface area contributed by atoms with Crippen LogP contribution in [-0.2, 0) is 5.60 Å². The van der Waals surface area contributed by atoms with Crippen LogP contribution in [0.5, 0.6) is 0 Å². The number of rotatable bonds is 2. The lowest BCUT2D eigenvalue weighted by Gasteiger charge is -2.28. The summed E-state index contributed by atoms with van der Waals surface area (Å²) in [6.07, 6.45) is 0. The van der Waals surface area contributed by atoms with Gasteiger partial charge in [0.15, 0.2) is 0 Å². The van der Waals surface area contributed by atoms with Crippen LogP contribution in [0.1, 0.15) is 31.9 Å². The van der Waals surface area contributed by atoms with E-state index in [1.54, 1.807) is 0 Å². The molecule has 0 saturated carbocycles. The molecule has 1 aromatic carbocycles. The Labute approximate surface area is 80.4 Å². The fraction of sp³-hybridized carbons (Fsp3) is 0.500. The Morgan fingerprint density at radius 3 is 2.38 bits per heavy atom. The third-order valence-electron chi connectivity index (χ3n) is 2.73. The lowest BCUT2D eigenvalue weighted by molar-refractivity contribution is 0.00900. The summed E-state index contributed by atoms with van der Waals surface area (Å²) < 4.78 is 0. The van der Waals surface area contributed by atoms with Crippen LogP contribution in [0, 0.1) is 12.8 Å². The van der Waals surface area contributed by atoms with Gasteiger partial charge in [-0.1, -0.05) is 43.7 Å². The van der Waals surface area contributed by atoms with E-state index < -0.39 is 5.60 Å². The van der Waals surface area contributed by atoms with Gasteiger partial charge >= 0.3 is 0 Å². The van der Waals surface area contributed by atoms with E-state index >= 15 is 0 Å². The smallest absolute Gasteiger partial charge is 0.0891 e. The molecular formula is C12H18O. The zero-order valence-corrected chi connectivity index (χ0v) is 8.83. The van der Waals surface area contributed by atoms with Gasteiger partial charge in [-0.3, -0.25) is 0 Å². The van der Waals surface area contributed by atoms with Crippen LogP contribution >= 0.6 is 0 Å². The van der Waals surface area contributed by atoms with E-state index in [-0.39, 0.29) is 5.92 Å². The maximum atomic E-state index is 10.2. The van der Waals surface area contributed by atoms with Crippen LogP contribution in [0.25, 0.3) is 0 Å². The van der Waals surface area contributed by atoms with E-state index in [0.717, 1.165) is 5.56 Å². The van der Waals surface area contributed by atoms with Crippen molar-refractivity contribution < 1.29 is 5.11 Å². The summed E-state index contributed by atoms with van der Waals surface area (Å²) in [6, 6.07) is 8.05. The van der Waals surface area contributed by atoms with Crippen LogP contribution < -0.4 is 0 Å². The van der Waals surface area contributed by atoms with Gasteiger partial charge in [-0.25, -0.2) is 0 Å². The van der Waals surface area contributed by atoms with Crippen molar-refractivity contribution >= 4 is 0 Å². The van der Waals surface area contributed by atoms with Crippen molar-refractivity contribution in [2.24, 2.45) is 5.92 Å². The molecule has 0 aliphatic heterocycles. The predicted octanol–water partition coefficient (Wildman–Crippen LogP) is 2.86. The molecule has 13 heavy (non-hydrogen) atoms. The summed E-state index contributed by atoms with van der Waals surface area (Å²) in [6.45, 7) is 7.97. The molecule has 0 heterocycles. The molecule has 0 radical (unpaired) electrons. The number of hydrogen-bond acceptors (Lipinski definition) is 1. The Morgan fingerprint density at radius 2 is 1.92 bits per heavy atom. The average molecular weight is 178 g/mol. The highest BCUT2D eigenvalue weighted by molar-refractivity contribution is 5.27. The molecule has 0 spiro atoms. The summed E-state index contributed by atoms with van der Waals surface area (Å²) in [4.78, 5) is 0. The maximum Gasteiger partial charge on any atom is 0.0891 e. The first kappa shape index (κ1) is 10.3. The summed E-state index contributed by atoms with van der Waals surface area (Å²) in [5, 5.41) is 10.2. The second kappa shape index (κ2) is 3.51. The Kier molecular flexibility index (Phi) is 2.77. The average Bonchev–Trinajstić information content (AvgIpc) is 2.04. The molecule has 0 aliphatic rings. The normalized spacial score (nSPS) is 15.8. The topological polar surface area (TPSA) is 20.2 Å².